The number of ether oxygens (including phenoxy) is 3. The van der Waals surface area contributed by atoms with Crippen LogP contribution < -0.4 is 10.1 Å². The molecular weight excluding hydrogens is 398 g/mol. The number of hydrogen-bond donors (Lipinski definition) is 2. The maximum atomic E-state index is 12.1. The Kier molecular flexibility index (Phi) is 9.34. The van der Waals surface area contributed by atoms with Crippen molar-refractivity contribution in [1.82, 2.24) is 5.32 Å². The van der Waals surface area contributed by atoms with Crippen LogP contribution in [0.2, 0.25) is 0 Å². The summed E-state index contributed by atoms with van der Waals surface area (Å²) in [6.07, 6.45) is -1.21. The first-order valence-electron chi connectivity index (χ1n) is 10.3. The molecule has 0 unspecified atom stereocenters. The molecule has 168 valence electrons. The highest BCUT2D eigenvalue weighted by Crippen LogP contribution is 2.24. The number of carbonyl (C=O) groups excluding carboxylic acids is 1. The van der Waals surface area contributed by atoms with Crippen LogP contribution in [0.3, 0.4) is 0 Å². The molecule has 0 saturated carbocycles. The van der Waals surface area contributed by atoms with Gasteiger partial charge in [-0.1, -0.05) is 36.4 Å². The number of alkyl carbamates (subject to hydrolysis) is 1. The summed E-state index contributed by atoms with van der Waals surface area (Å²) in [5, 5.41) is 11.9. The van der Waals surface area contributed by atoms with Crippen LogP contribution in [-0.4, -0.2) is 29.4 Å². The molecule has 0 aliphatic heterocycles. The number of nitrogens with one attached hydrogen (secondary N) is 1. The van der Waals surface area contributed by atoms with Crippen LogP contribution in [0.25, 0.3) is 0 Å². The van der Waals surface area contributed by atoms with E-state index in [9.17, 15) is 9.59 Å². The van der Waals surface area contributed by atoms with Crippen LogP contribution in [0.1, 0.15) is 56.9 Å². The molecule has 7 nitrogen and oxygen atoms in total. The lowest BCUT2D eigenvalue weighted by atomic mass is 10.0. The molecule has 0 aliphatic rings. The fraction of sp³-hybridized carbons (Fsp3) is 0.417. The molecule has 0 heterocycles. The molecule has 0 saturated heterocycles. The van der Waals surface area contributed by atoms with Gasteiger partial charge >= 0.3 is 12.1 Å². The Morgan fingerprint density at radius 2 is 1.68 bits per heavy atom. The molecule has 0 aromatic heterocycles. The van der Waals surface area contributed by atoms with Gasteiger partial charge in [0.15, 0.2) is 0 Å². The van der Waals surface area contributed by atoms with Crippen LogP contribution in [-0.2, 0) is 27.4 Å². The Morgan fingerprint density at radius 1 is 0.968 bits per heavy atom. The van der Waals surface area contributed by atoms with Gasteiger partial charge in [-0.15, -0.1) is 0 Å². The molecule has 2 aromatic carbocycles. The highest BCUT2D eigenvalue weighted by molar-refractivity contribution is 5.68. The summed E-state index contributed by atoms with van der Waals surface area (Å²) in [6.45, 7) is 8.05. The van der Waals surface area contributed by atoms with Gasteiger partial charge in [0.2, 0.25) is 0 Å². The Hall–Kier alpha value is -3.06. The van der Waals surface area contributed by atoms with E-state index in [1.54, 1.807) is 0 Å². The van der Waals surface area contributed by atoms with Crippen LogP contribution in [0, 0.1) is 0 Å². The maximum Gasteiger partial charge on any atom is 0.407 e. The average molecular weight is 430 g/mol. The number of carboxylic acids is 1. The Morgan fingerprint density at radius 3 is 2.29 bits per heavy atom. The van der Waals surface area contributed by atoms with Crippen molar-refractivity contribution in [2.45, 2.75) is 65.6 Å². The predicted octanol–water partition coefficient (Wildman–Crippen LogP) is 4.84. The monoisotopic (exact) mass is 429 g/mol. The van der Waals surface area contributed by atoms with Gasteiger partial charge in [-0.05, 0) is 56.5 Å². The summed E-state index contributed by atoms with van der Waals surface area (Å²) >= 11 is 0. The van der Waals surface area contributed by atoms with Gasteiger partial charge in [-0.25, -0.2) is 4.79 Å². The van der Waals surface area contributed by atoms with Gasteiger partial charge < -0.3 is 24.6 Å². The minimum Gasteiger partial charge on any atom is -0.491 e. The highest BCUT2D eigenvalue weighted by Gasteiger charge is 2.18. The second-order valence-electron chi connectivity index (χ2n) is 7.76. The van der Waals surface area contributed by atoms with Crippen molar-refractivity contribution >= 4 is 12.1 Å². The zero-order valence-electron chi connectivity index (χ0n) is 18.5. The molecule has 31 heavy (non-hydrogen) atoms. The normalized spacial score (nSPS) is 11.9. The molecule has 0 aliphatic carbocycles. The molecule has 2 N–H and O–H groups in total. The average Bonchev–Trinajstić information content (AvgIpc) is 2.70. The smallest absolute Gasteiger partial charge is 0.407 e. The quantitative estimate of drug-likeness (QED) is 0.531. The minimum absolute atomic E-state index is 0.0997. The number of hydrogen-bond acceptors (Lipinski definition) is 5. The first-order valence-corrected chi connectivity index (χ1v) is 10.3. The SMILES string of the molecule is CC(C)Oc1ccc(COC(=O)NCc2cccc([C@H](CC(=O)O)OC(C)C)c2)cc1. The molecule has 1 atom stereocenters. The van der Waals surface area contributed by atoms with E-state index in [1.165, 1.54) is 0 Å². The van der Waals surface area contributed by atoms with Crippen molar-refractivity contribution in [3.05, 3.63) is 65.2 Å². The molecule has 0 bridgehead atoms. The van der Waals surface area contributed by atoms with Gasteiger partial charge in [0.05, 0.1) is 24.7 Å². The number of carbonyl (C=O) groups is 2. The van der Waals surface area contributed by atoms with Crippen molar-refractivity contribution in [1.29, 1.82) is 0 Å². The summed E-state index contributed by atoms with van der Waals surface area (Å²) < 4.78 is 16.6. The predicted molar refractivity (Wildman–Crippen MR) is 117 cm³/mol. The van der Waals surface area contributed by atoms with E-state index in [0.717, 1.165) is 22.4 Å². The Balaban J connectivity index is 1.87. The second kappa shape index (κ2) is 12.0. The lowest BCUT2D eigenvalue weighted by Gasteiger charge is -2.20. The number of aliphatic carboxylic acids is 1. The van der Waals surface area contributed by atoms with Crippen molar-refractivity contribution < 1.29 is 28.9 Å². The molecule has 1 amide bonds. The number of carboxylic acid groups (broad SMARTS) is 1. The van der Waals surface area contributed by atoms with Crippen LogP contribution >= 0.6 is 0 Å². The Labute approximate surface area is 183 Å². The summed E-state index contributed by atoms with van der Waals surface area (Å²) in [7, 11) is 0. The van der Waals surface area contributed by atoms with Crippen molar-refractivity contribution in [2.24, 2.45) is 0 Å². The van der Waals surface area contributed by atoms with Crippen molar-refractivity contribution in [2.75, 3.05) is 0 Å². The molecule has 0 fully saturated rings. The number of rotatable bonds is 11. The van der Waals surface area contributed by atoms with E-state index in [4.69, 9.17) is 19.3 Å². The summed E-state index contributed by atoms with van der Waals surface area (Å²) in [5.74, 6) is -0.160. The van der Waals surface area contributed by atoms with Gasteiger partial charge in [0, 0.05) is 6.54 Å². The van der Waals surface area contributed by atoms with E-state index in [1.807, 2.05) is 76.2 Å². The topological polar surface area (TPSA) is 94.1 Å². The Bertz CT molecular complexity index is 847. The van der Waals surface area contributed by atoms with Gasteiger partial charge in [0.1, 0.15) is 12.4 Å². The van der Waals surface area contributed by atoms with Crippen LogP contribution in [0.15, 0.2) is 48.5 Å². The van der Waals surface area contributed by atoms with E-state index in [-0.39, 0.29) is 31.8 Å². The lowest BCUT2D eigenvalue weighted by Crippen LogP contribution is -2.23. The van der Waals surface area contributed by atoms with Gasteiger partial charge in [-0.2, -0.15) is 0 Å². The third-order valence-electron chi connectivity index (χ3n) is 4.22. The van der Waals surface area contributed by atoms with E-state index >= 15 is 0 Å². The molecular formula is C24H31NO6. The number of benzene rings is 2. The molecule has 0 spiro atoms. The number of amides is 1. The fourth-order valence-corrected chi connectivity index (χ4v) is 2.95. The highest BCUT2D eigenvalue weighted by atomic mass is 16.5. The fourth-order valence-electron chi connectivity index (χ4n) is 2.95. The van der Waals surface area contributed by atoms with Crippen molar-refractivity contribution in [3.63, 3.8) is 0 Å². The first kappa shape index (κ1) is 24.2. The zero-order chi connectivity index (χ0) is 22.8. The maximum absolute atomic E-state index is 12.1. The lowest BCUT2D eigenvalue weighted by molar-refractivity contribution is -0.141. The summed E-state index contributed by atoms with van der Waals surface area (Å²) in [4.78, 5) is 23.2. The molecule has 2 rings (SSSR count). The standard InChI is InChI=1S/C24H31NO6/c1-16(2)30-21-10-8-18(9-11-21)15-29-24(28)25-14-19-6-5-7-20(12-19)22(13-23(26)27)31-17(3)4/h5-12,16-17,22H,13-15H2,1-4H3,(H,25,28)(H,26,27)/t22-/m0/s1. The van der Waals surface area contributed by atoms with E-state index < -0.39 is 18.2 Å². The zero-order valence-corrected chi connectivity index (χ0v) is 18.5. The molecule has 0 radical (unpaired) electrons. The van der Waals surface area contributed by atoms with E-state index in [0.29, 0.717) is 0 Å². The summed E-state index contributed by atoms with van der Waals surface area (Å²) in [6, 6.07) is 14.7. The van der Waals surface area contributed by atoms with E-state index in [2.05, 4.69) is 5.32 Å². The first-order chi connectivity index (χ1) is 14.7. The molecule has 7 heteroatoms. The molecule has 2 aromatic rings. The largest absolute Gasteiger partial charge is 0.491 e. The van der Waals surface area contributed by atoms with Gasteiger partial charge in [-0.3, -0.25) is 4.79 Å². The third kappa shape index (κ3) is 9.09. The summed E-state index contributed by atoms with van der Waals surface area (Å²) in [5.41, 5.74) is 2.44. The van der Waals surface area contributed by atoms with Crippen LogP contribution in [0.5, 0.6) is 5.75 Å². The second-order valence-corrected chi connectivity index (χ2v) is 7.76. The van der Waals surface area contributed by atoms with Gasteiger partial charge in [0.25, 0.3) is 0 Å². The minimum atomic E-state index is -0.929. The van der Waals surface area contributed by atoms with Crippen LogP contribution in [0.4, 0.5) is 4.79 Å². The third-order valence-corrected chi connectivity index (χ3v) is 4.22. The van der Waals surface area contributed by atoms with Crippen molar-refractivity contribution in [3.8, 4) is 5.75 Å².